The molecule has 3 heterocycles. The molecule has 2 amide bonds. The Balaban J connectivity index is 1.20. The molecule has 3 N–H and O–H groups in total. The van der Waals surface area contributed by atoms with Gasteiger partial charge in [0.15, 0.2) is 0 Å². The van der Waals surface area contributed by atoms with Crippen molar-refractivity contribution in [2.24, 2.45) is 35.5 Å². The van der Waals surface area contributed by atoms with E-state index in [9.17, 15) is 9.59 Å². The zero-order valence-electron chi connectivity index (χ0n) is 21.0. The number of amides is 2. The third-order valence-electron chi connectivity index (χ3n) is 10.2. The predicted octanol–water partition coefficient (Wildman–Crippen LogP) is 3.27. The number of rotatable bonds is 3. The lowest BCUT2D eigenvalue weighted by molar-refractivity contribution is -0.150. The van der Waals surface area contributed by atoms with Gasteiger partial charge in [-0.1, -0.05) is 19.8 Å². The Kier molecular flexibility index (Phi) is 7.04. The van der Waals surface area contributed by atoms with Crippen LogP contribution in [0.1, 0.15) is 84.5 Å². The number of fused-ring (bicyclic) bond motifs is 2. The zero-order valence-corrected chi connectivity index (χ0v) is 21.0. The lowest BCUT2D eigenvalue weighted by atomic mass is 9.64. The molecule has 3 saturated heterocycles. The Bertz CT molecular complexity index is 729. The van der Waals surface area contributed by atoms with Crippen LogP contribution in [0.2, 0.25) is 0 Å². The molecule has 0 spiro atoms. The highest BCUT2D eigenvalue weighted by molar-refractivity contribution is 5.81. The van der Waals surface area contributed by atoms with Gasteiger partial charge in [-0.15, -0.1) is 0 Å². The van der Waals surface area contributed by atoms with Gasteiger partial charge in [0.25, 0.3) is 0 Å². The summed E-state index contributed by atoms with van der Waals surface area (Å²) in [7, 11) is 2.02. The van der Waals surface area contributed by atoms with Crippen molar-refractivity contribution < 1.29 is 9.59 Å². The van der Waals surface area contributed by atoms with Gasteiger partial charge < -0.3 is 15.5 Å². The van der Waals surface area contributed by atoms with Crippen molar-refractivity contribution in [2.45, 2.75) is 109 Å². The first kappa shape index (κ1) is 23.6. The molecule has 0 bridgehead atoms. The zero-order chi connectivity index (χ0) is 23.1. The molecule has 10 unspecified atom stereocenters. The molecule has 6 heteroatoms. The van der Waals surface area contributed by atoms with Crippen molar-refractivity contribution in [1.82, 2.24) is 20.9 Å². The summed E-state index contributed by atoms with van der Waals surface area (Å²) in [6, 6.07) is 1.45. The summed E-state index contributed by atoms with van der Waals surface area (Å²) >= 11 is 0. The van der Waals surface area contributed by atoms with E-state index in [4.69, 9.17) is 0 Å². The number of likely N-dealkylation sites (tertiary alicyclic amines) is 1. The molecular weight excluding hydrogens is 412 g/mol. The summed E-state index contributed by atoms with van der Waals surface area (Å²) in [5.74, 6) is 2.88. The van der Waals surface area contributed by atoms with Crippen LogP contribution >= 0.6 is 0 Å². The van der Waals surface area contributed by atoms with Gasteiger partial charge in [-0.2, -0.15) is 0 Å². The fraction of sp³-hybridized carbons (Fsp3) is 0.926. The summed E-state index contributed by atoms with van der Waals surface area (Å²) in [5.41, 5.74) is 0. The molecule has 0 radical (unpaired) electrons. The average Bonchev–Trinajstić information content (AvgIpc) is 2.82. The van der Waals surface area contributed by atoms with Crippen LogP contribution in [0, 0.1) is 35.5 Å². The lowest BCUT2D eigenvalue weighted by Crippen LogP contribution is -2.60. The van der Waals surface area contributed by atoms with Gasteiger partial charge in [-0.05, 0) is 88.4 Å². The van der Waals surface area contributed by atoms with Crippen molar-refractivity contribution in [2.75, 3.05) is 13.6 Å². The quantitative estimate of drug-likeness (QED) is 0.607. The smallest absolute Gasteiger partial charge is 0.225 e. The van der Waals surface area contributed by atoms with E-state index in [1.807, 2.05) is 7.05 Å². The van der Waals surface area contributed by atoms with Gasteiger partial charge in [-0.3, -0.25) is 14.9 Å². The minimum absolute atomic E-state index is 0.0532. The Morgan fingerprint density at radius 1 is 0.970 bits per heavy atom. The number of hydrogen-bond acceptors (Lipinski definition) is 4. The third-order valence-corrected chi connectivity index (χ3v) is 10.2. The largest absolute Gasteiger partial charge is 0.342 e. The summed E-state index contributed by atoms with van der Waals surface area (Å²) in [4.78, 5) is 28.8. The molecule has 10 atom stereocenters. The van der Waals surface area contributed by atoms with Crippen LogP contribution < -0.4 is 16.0 Å². The normalized spacial score (nSPS) is 46.3. The topological polar surface area (TPSA) is 73.5 Å². The highest BCUT2D eigenvalue weighted by atomic mass is 16.2. The maximum atomic E-state index is 13.5. The van der Waals surface area contributed by atoms with E-state index in [-0.39, 0.29) is 23.9 Å². The first-order valence-corrected chi connectivity index (χ1v) is 14.0. The molecule has 0 aromatic heterocycles. The van der Waals surface area contributed by atoms with Crippen LogP contribution in [0.15, 0.2) is 0 Å². The molecule has 5 aliphatic rings. The summed E-state index contributed by atoms with van der Waals surface area (Å²) in [5, 5.41) is 10.8. The van der Waals surface area contributed by atoms with E-state index in [2.05, 4.69) is 34.7 Å². The maximum Gasteiger partial charge on any atom is 0.225 e. The molecule has 33 heavy (non-hydrogen) atoms. The van der Waals surface area contributed by atoms with Gasteiger partial charge >= 0.3 is 0 Å². The number of nitrogens with zero attached hydrogens (tertiary/aromatic N) is 1. The molecule has 6 nitrogen and oxygen atoms in total. The molecule has 3 aliphatic heterocycles. The minimum Gasteiger partial charge on any atom is -0.342 e. The van der Waals surface area contributed by atoms with Gasteiger partial charge in [-0.25, -0.2) is 0 Å². The summed E-state index contributed by atoms with van der Waals surface area (Å²) in [6.07, 6.45) is 12.7. The standard InChI is InChI=1S/C27H46N4O2/c1-16-8-9-19(26(32)30-25-11-10-18-6-4-5-7-23(18)29-25)13-21(16)22-14-20-15-28-17(2)12-24(20)31(3)27(22)33/h16-25,28-29H,4-15H2,1-3H3,(H,30,32). The average molecular weight is 459 g/mol. The van der Waals surface area contributed by atoms with Gasteiger partial charge in [0.05, 0.1) is 6.17 Å². The van der Waals surface area contributed by atoms with E-state index in [1.165, 1.54) is 32.1 Å². The van der Waals surface area contributed by atoms with Crippen molar-refractivity contribution in [3.63, 3.8) is 0 Å². The van der Waals surface area contributed by atoms with Crippen molar-refractivity contribution >= 4 is 11.8 Å². The Hall–Kier alpha value is -1.14. The molecular formula is C27H46N4O2. The number of piperidine rings is 3. The molecule has 186 valence electrons. The van der Waals surface area contributed by atoms with Crippen LogP contribution in [0.25, 0.3) is 0 Å². The Morgan fingerprint density at radius 2 is 1.79 bits per heavy atom. The molecule has 5 fully saturated rings. The molecule has 2 saturated carbocycles. The lowest BCUT2D eigenvalue weighted by Gasteiger charge is -2.50. The number of hydrogen-bond donors (Lipinski definition) is 3. The van der Waals surface area contributed by atoms with Crippen molar-refractivity contribution in [1.29, 1.82) is 0 Å². The van der Waals surface area contributed by atoms with Crippen molar-refractivity contribution in [3.8, 4) is 0 Å². The summed E-state index contributed by atoms with van der Waals surface area (Å²) in [6.45, 7) is 5.55. The maximum absolute atomic E-state index is 13.5. The fourth-order valence-electron chi connectivity index (χ4n) is 8.11. The highest BCUT2D eigenvalue weighted by Crippen LogP contribution is 2.44. The molecule has 0 aromatic rings. The number of carbonyl (C=O) groups excluding carboxylic acids is 2. The Morgan fingerprint density at radius 3 is 2.64 bits per heavy atom. The van der Waals surface area contributed by atoms with Gasteiger partial charge in [0.1, 0.15) is 0 Å². The second-order valence-corrected chi connectivity index (χ2v) is 12.3. The SMILES string of the molecule is CC1CC2C(CN1)CC(C1CC(C(=O)NC3CCC4CCCCC4N3)CCC1C)C(=O)N2C. The van der Waals surface area contributed by atoms with E-state index >= 15 is 0 Å². The second-order valence-electron chi connectivity index (χ2n) is 12.3. The van der Waals surface area contributed by atoms with Crippen LogP contribution in [0.3, 0.4) is 0 Å². The van der Waals surface area contributed by atoms with Crippen LogP contribution in [0.5, 0.6) is 0 Å². The van der Waals surface area contributed by atoms with E-state index in [0.29, 0.717) is 41.8 Å². The predicted molar refractivity (Wildman–Crippen MR) is 130 cm³/mol. The van der Waals surface area contributed by atoms with Gasteiger partial charge in [0.2, 0.25) is 11.8 Å². The first-order valence-electron chi connectivity index (χ1n) is 14.0. The van der Waals surface area contributed by atoms with Crippen LogP contribution in [-0.4, -0.2) is 54.6 Å². The highest BCUT2D eigenvalue weighted by Gasteiger charge is 2.47. The first-order chi connectivity index (χ1) is 15.9. The van der Waals surface area contributed by atoms with Gasteiger partial charge in [0, 0.05) is 43.6 Å². The molecule has 0 aromatic carbocycles. The third kappa shape index (κ3) is 4.84. The monoisotopic (exact) mass is 458 g/mol. The van der Waals surface area contributed by atoms with E-state index < -0.39 is 0 Å². The van der Waals surface area contributed by atoms with E-state index in [0.717, 1.165) is 51.0 Å². The van der Waals surface area contributed by atoms with Crippen molar-refractivity contribution in [3.05, 3.63) is 0 Å². The minimum atomic E-state index is 0.0532. The second kappa shape index (κ2) is 9.85. The van der Waals surface area contributed by atoms with Crippen LogP contribution in [-0.2, 0) is 9.59 Å². The number of nitrogens with one attached hydrogen (secondary N) is 3. The molecule has 5 rings (SSSR count). The Labute approximate surface area is 200 Å². The van der Waals surface area contributed by atoms with Crippen LogP contribution in [0.4, 0.5) is 0 Å². The van der Waals surface area contributed by atoms with E-state index in [1.54, 1.807) is 0 Å². The fourth-order valence-corrected chi connectivity index (χ4v) is 8.11. The summed E-state index contributed by atoms with van der Waals surface area (Å²) < 4.78 is 0. The molecule has 2 aliphatic carbocycles. The number of carbonyl (C=O) groups is 2.